The van der Waals surface area contributed by atoms with E-state index in [9.17, 15) is 5.11 Å². The molecule has 1 N–H and O–H groups in total. The van der Waals surface area contributed by atoms with Gasteiger partial charge in [-0.1, -0.05) is 29.8 Å². The summed E-state index contributed by atoms with van der Waals surface area (Å²) in [7, 11) is 0. The Morgan fingerprint density at radius 3 is 2.39 bits per heavy atom. The molecule has 4 nitrogen and oxygen atoms in total. The molecule has 0 spiro atoms. The summed E-state index contributed by atoms with van der Waals surface area (Å²) in [6.45, 7) is 6.80. The molecule has 0 saturated carbocycles. The summed E-state index contributed by atoms with van der Waals surface area (Å²) in [6, 6.07) is 8.04. The Labute approximate surface area is 143 Å². The van der Waals surface area contributed by atoms with Crippen LogP contribution in [0, 0.1) is 0 Å². The third kappa shape index (κ3) is 5.03. The maximum absolute atomic E-state index is 10.3. The van der Waals surface area contributed by atoms with Gasteiger partial charge in [-0.3, -0.25) is 9.80 Å². The average molecular weight is 337 g/mol. The number of benzene rings is 1. The van der Waals surface area contributed by atoms with Crippen LogP contribution in [0.5, 0.6) is 0 Å². The zero-order chi connectivity index (χ0) is 16.1. The highest BCUT2D eigenvalue weighted by molar-refractivity contribution is 6.30. The summed E-state index contributed by atoms with van der Waals surface area (Å²) in [5.74, 6) is 0. The summed E-state index contributed by atoms with van der Waals surface area (Å²) in [6.07, 6.45) is 3.00. The first kappa shape index (κ1) is 16.9. The van der Waals surface area contributed by atoms with Gasteiger partial charge in [-0.25, -0.2) is 0 Å². The van der Waals surface area contributed by atoms with Crippen molar-refractivity contribution < 1.29 is 9.84 Å². The van der Waals surface area contributed by atoms with Crippen LogP contribution in [0.15, 0.2) is 30.3 Å². The van der Waals surface area contributed by atoms with Gasteiger partial charge in [0.25, 0.3) is 0 Å². The van der Waals surface area contributed by atoms with Crippen molar-refractivity contribution in [3.63, 3.8) is 0 Å². The molecule has 2 aliphatic heterocycles. The highest BCUT2D eigenvalue weighted by atomic mass is 35.5. The van der Waals surface area contributed by atoms with E-state index in [1.54, 1.807) is 0 Å². The Kier molecular flexibility index (Phi) is 6.08. The van der Waals surface area contributed by atoms with E-state index >= 15 is 0 Å². The number of ether oxygens (including phenoxy) is 1. The molecule has 5 heteroatoms. The van der Waals surface area contributed by atoms with Crippen molar-refractivity contribution in [3.8, 4) is 0 Å². The lowest BCUT2D eigenvalue weighted by Gasteiger charge is -2.32. The number of morpholine rings is 1. The number of aliphatic hydroxyl groups is 1. The third-order valence-electron chi connectivity index (χ3n) is 4.55. The van der Waals surface area contributed by atoms with Crippen molar-refractivity contribution in [1.29, 1.82) is 0 Å². The third-order valence-corrected chi connectivity index (χ3v) is 4.80. The van der Waals surface area contributed by atoms with Crippen LogP contribution in [0.2, 0.25) is 5.02 Å². The molecule has 0 radical (unpaired) electrons. The van der Waals surface area contributed by atoms with Gasteiger partial charge in [-0.05, 0) is 29.7 Å². The average Bonchev–Trinajstić information content (AvgIpc) is 2.57. The molecular weight excluding hydrogens is 312 g/mol. The van der Waals surface area contributed by atoms with Crippen molar-refractivity contribution in [2.24, 2.45) is 0 Å². The van der Waals surface area contributed by atoms with Gasteiger partial charge in [0.05, 0.1) is 19.3 Å². The van der Waals surface area contributed by atoms with Gasteiger partial charge in [-0.15, -0.1) is 0 Å². The summed E-state index contributed by atoms with van der Waals surface area (Å²) >= 11 is 5.94. The van der Waals surface area contributed by atoms with E-state index < -0.39 is 0 Å². The van der Waals surface area contributed by atoms with Crippen LogP contribution >= 0.6 is 11.6 Å². The number of hydrogen-bond donors (Lipinski definition) is 1. The Morgan fingerprint density at radius 1 is 1.04 bits per heavy atom. The van der Waals surface area contributed by atoms with Crippen LogP contribution in [0.4, 0.5) is 0 Å². The Morgan fingerprint density at radius 2 is 1.74 bits per heavy atom. The van der Waals surface area contributed by atoms with E-state index in [-0.39, 0.29) is 6.10 Å². The normalized spacial score (nSPS) is 21.9. The van der Waals surface area contributed by atoms with Crippen molar-refractivity contribution in [3.05, 3.63) is 40.9 Å². The Balaban J connectivity index is 1.47. The van der Waals surface area contributed by atoms with Gasteiger partial charge in [0.15, 0.2) is 0 Å². The number of hydrogen-bond acceptors (Lipinski definition) is 4. The SMILES string of the molecule is OC(CN1CC=C(c2ccc(Cl)cc2)CC1)CN1CCOCC1. The van der Waals surface area contributed by atoms with E-state index in [4.69, 9.17) is 16.3 Å². The zero-order valence-corrected chi connectivity index (χ0v) is 14.2. The topological polar surface area (TPSA) is 35.9 Å². The molecule has 1 atom stereocenters. The van der Waals surface area contributed by atoms with Crippen LogP contribution in [0.1, 0.15) is 12.0 Å². The van der Waals surface area contributed by atoms with Crippen LogP contribution < -0.4 is 0 Å². The van der Waals surface area contributed by atoms with Crippen LogP contribution in [-0.4, -0.2) is 73.5 Å². The maximum Gasteiger partial charge on any atom is 0.0793 e. The fourth-order valence-corrected chi connectivity index (χ4v) is 3.37. The molecule has 3 rings (SSSR count). The smallest absolute Gasteiger partial charge is 0.0793 e. The van der Waals surface area contributed by atoms with E-state index in [0.29, 0.717) is 0 Å². The molecule has 1 aromatic carbocycles. The van der Waals surface area contributed by atoms with Gasteiger partial charge in [-0.2, -0.15) is 0 Å². The lowest BCUT2D eigenvalue weighted by Crippen LogP contribution is -2.45. The number of aliphatic hydroxyl groups excluding tert-OH is 1. The van der Waals surface area contributed by atoms with Gasteiger partial charge in [0.2, 0.25) is 0 Å². The quantitative estimate of drug-likeness (QED) is 0.893. The van der Waals surface area contributed by atoms with Crippen molar-refractivity contribution in [2.75, 3.05) is 52.5 Å². The second-order valence-corrected chi connectivity index (χ2v) is 6.75. The van der Waals surface area contributed by atoms with Crippen LogP contribution in [-0.2, 0) is 4.74 Å². The molecule has 0 aliphatic carbocycles. The fraction of sp³-hybridized carbons (Fsp3) is 0.556. The molecule has 0 bridgehead atoms. The van der Waals surface area contributed by atoms with Gasteiger partial charge in [0, 0.05) is 44.3 Å². The Hall–Kier alpha value is -0.910. The monoisotopic (exact) mass is 336 g/mol. The standard InChI is InChI=1S/C18H25ClN2O2/c19-17-3-1-15(2-4-17)16-5-7-20(8-6-16)13-18(22)14-21-9-11-23-12-10-21/h1-5,18,22H,6-14H2. The van der Waals surface area contributed by atoms with E-state index in [0.717, 1.165) is 63.9 Å². The summed E-state index contributed by atoms with van der Waals surface area (Å²) in [4.78, 5) is 4.61. The fourth-order valence-electron chi connectivity index (χ4n) is 3.24. The molecule has 0 aromatic heterocycles. The highest BCUT2D eigenvalue weighted by Gasteiger charge is 2.19. The van der Waals surface area contributed by atoms with Crippen molar-refractivity contribution >= 4 is 17.2 Å². The van der Waals surface area contributed by atoms with Crippen molar-refractivity contribution in [2.45, 2.75) is 12.5 Å². The molecule has 1 unspecified atom stereocenters. The number of rotatable bonds is 5. The minimum atomic E-state index is -0.293. The largest absolute Gasteiger partial charge is 0.390 e. The maximum atomic E-state index is 10.3. The number of halogens is 1. The second-order valence-electron chi connectivity index (χ2n) is 6.31. The minimum Gasteiger partial charge on any atom is -0.390 e. The van der Waals surface area contributed by atoms with E-state index in [1.807, 2.05) is 12.1 Å². The highest BCUT2D eigenvalue weighted by Crippen LogP contribution is 2.23. The predicted molar refractivity (Wildman–Crippen MR) is 93.8 cm³/mol. The zero-order valence-electron chi connectivity index (χ0n) is 13.5. The lowest BCUT2D eigenvalue weighted by molar-refractivity contribution is 0.00768. The first-order valence-corrected chi connectivity index (χ1v) is 8.74. The lowest BCUT2D eigenvalue weighted by atomic mass is 9.99. The Bertz CT molecular complexity index is 526. The minimum absolute atomic E-state index is 0.293. The van der Waals surface area contributed by atoms with Gasteiger partial charge >= 0.3 is 0 Å². The molecule has 1 saturated heterocycles. The first-order chi connectivity index (χ1) is 11.2. The molecule has 1 aromatic rings. The molecule has 2 heterocycles. The van der Waals surface area contributed by atoms with Crippen LogP contribution in [0.25, 0.3) is 5.57 Å². The predicted octanol–water partition coefficient (Wildman–Crippen LogP) is 2.12. The number of nitrogens with zero attached hydrogens (tertiary/aromatic N) is 2. The molecular formula is C18H25ClN2O2. The van der Waals surface area contributed by atoms with Crippen LogP contribution in [0.3, 0.4) is 0 Å². The second kappa shape index (κ2) is 8.27. The molecule has 23 heavy (non-hydrogen) atoms. The summed E-state index contributed by atoms with van der Waals surface area (Å²) in [5, 5.41) is 11.1. The first-order valence-electron chi connectivity index (χ1n) is 8.36. The van der Waals surface area contributed by atoms with Gasteiger partial charge in [0.1, 0.15) is 0 Å². The number of β-amino-alcohol motifs (C(OH)–C–C–N with tert-alkyl or cyclic N) is 1. The summed E-state index contributed by atoms with van der Waals surface area (Å²) in [5.41, 5.74) is 2.63. The molecule has 1 fully saturated rings. The van der Waals surface area contributed by atoms with Gasteiger partial charge < -0.3 is 9.84 Å². The molecule has 0 amide bonds. The molecule has 126 valence electrons. The molecule has 2 aliphatic rings. The van der Waals surface area contributed by atoms with E-state index in [1.165, 1.54) is 11.1 Å². The van der Waals surface area contributed by atoms with Crippen molar-refractivity contribution in [1.82, 2.24) is 9.80 Å². The summed E-state index contributed by atoms with van der Waals surface area (Å²) < 4.78 is 5.34. The van der Waals surface area contributed by atoms with E-state index in [2.05, 4.69) is 28.0 Å².